The van der Waals surface area contributed by atoms with E-state index >= 15 is 0 Å². The zero-order valence-corrected chi connectivity index (χ0v) is 20.9. The molecule has 2 fully saturated rings. The molecule has 1 unspecified atom stereocenters. The maximum Gasteiger partial charge on any atom is 0.300 e. The Bertz CT molecular complexity index is 1360. The second-order valence-electron chi connectivity index (χ2n) is 10.2. The number of benzene rings is 2. The fraction of sp³-hybridized carbons (Fsp3) is 0.323. The van der Waals surface area contributed by atoms with E-state index in [1.54, 1.807) is 18.3 Å². The maximum absolute atomic E-state index is 13.4. The predicted molar refractivity (Wildman–Crippen MR) is 145 cm³/mol. The number of pyridine rings is 1. The average Bonchev–Trinajstić information content (AvgIpc) is 3.23. The summed E-state index contributed by atoms with van der Waals surface area (Å²) in [4.78, 5) is 35.2. The summed E-state index contributed by atoms with van der Waals surface area (Å²) in [5.74, 6) is -1.48. The molecule has 3 aromatic rings. The second kappa shape index (κ2) is 9.85. The number of nitrogens with zero attached hydrogens (tertiary/aromatic N) is 3. The molecule has 6 nitrogen and oxygen atoms in total. The van der Waals surface area contributed by atoms with Crippen molar-refractivity contribution in [3.8, 4) is 0 Å². The van der Waals surface area contributed by atoms with Crippen LogP contribution in [0.2, 0.25) is 0 Å². The second-order valence-corrected chi connectivity index (χ2v) is 10.2. The summed E-state index contributed by atoms with van der Waals surface area (Å²) in [5, 5.41) is 11.5. The number of aliphatic hydroxyl groups is 1. The van der Waals surface area contributed by atoms with Crippen molar-refractivity contribution in [2.75, 3.05) is 22.9 Å². The molecule has 1 atom stereocenters. The van der Waals surface area contributed by atoms with Crippen LogP contribution in [0.5, 0.6) is 0 Å². The fourth-order valence-corrected chi connectivity index (χ4v) is 5.93. The van der Waals surface area contributed by atoms with Gasteiger partial charge in [0, 0.05) is 36.2 Å². The zero-order chi connectivity index (χ0) is 25.4. The number of ketones is 1. The van der Waals surface area contributed by atoms with E-state index in [-0.39, 0.29) is 11.3 Å². The van der Waals surface area contributed by atoms with E-state index in [9.17, 15) is 14.7 Å². The van der Waals surface area contributed by atoms with Gasteiger partial charge in [0.05, 0.1) is 11.3 Å². The number of aliphatic hydroxyl groups excluding tert-OH is 1. The maximum atomic E-state index is 13.4. The van der Waals surface area contributed by atoms with Crippen LogP contribution in [0.25, 0.3) is 5.76 Å². The van der Waals surface area contributed by atoms with E-state index in [4.69, 9.17) is 0 Å². The number of anilines is 2. The number of aromatic nitrogens is 1. The van der Waals surface area contributed by atoms with Crippen molar-refractivity contribution < 1.29 is 14.7 Å². The first-order chi connectivity index (χ1) is 18.1. The quantitative estimate of drug-likeness (QED) is 0.292. The van der Waals surface area contributed by atoms with E-state index < -0.39 is 17.7 Å². The molecular formula is C31H31N3O3. The molecule has 1 aliphatic carbocycles. The van der Waals surface area contributed by atoms with Crippen molar-refractivity contribution in [3.63, 3.8) is 0 Å². The lowest BCUT2D eigenvalue weighted by Crippen LogP contribution is -2.31. The van der Waals surface area contributed by atoms with Crippen LogP contribution in [0.3, 0.4) is 0 Å². The molecule has 2 saturated heterocycles. The van der Waals surface area contributed by atoms with Gasteiger partial charge in [-0.3, -0.25) is 19.5 Å². The normalized spacial score (nSPS) is 21.2. The molecular weight excluding hydrogens is 462 g/mol. The highest BCUT2D eigenvalue weighted by atomic mass is 16.3. The Balaban J connectivity index is 1.43. The molecule has 0 bridgehead atoms. The molecule has 2 aliphatic heterocycles. The monoisotopic (exact) mass is 493 g/mol. The van der Waals surface area contributed by atoms with Gasteiger partial charge in [0.25, 0.3) is 11.7 Å². The Morgan fingerprint density at radius 3 is 2.27 bits per heavy atom. The van der Waals surface area contributed by atoms with Crippen LogP contribution < -0.4 is 9.80 Å². The van der Waals surface area contributed by atoms with Gasteiger partial charge in [-0.1, -0.05) is 18.2 Å². The van der Waals surface area contributed by atoms with Gasteiger partial charge in [0.1, 0.15) is 11.8 Å². The van der Waals surface area contributed by atoms with Crippen molar-refractivity contribution in [2.24, 2.45) is 0 Å². The number of fused-ring (bicyclic) bond motifs is 1. The van der Waals surface area contributed by atoms with Gasteiger partial charge in [0.2, 0.25) is 0 Å². The van der Waals surface area contributed by atoms with Crippen molar-refractivity contribution >= 4 is 28.8 Å². The molecule has 0 spiro atoms. The molecule has 1 amide bonds. The Kier molecular flexibility index (Phi) is 6.25. The van der Waals surface area contributed by atoms with E-state index in [1.807, 2.05) is 48.5 Å². The Labute approximate surface area is 217 Å². The molecule has 1 aromatic heterocycles. The Hall–Kier alpha value is -3.93. The summed E-state index contributed by atoms with van der Waals surface area (Å²) in [6.45, 7) is 2.05. The lowest BCUT2D eigenvalue weighted by atomic mass is 9.89. The van der Waals surface area contributed by atoms with Gasteiger partial charge in [-0.05, 0) is 98.5 Å². The first-order valence-corrected chi connectivity index (χ1v) is 13.3. The van der Waals surface area contributed by atoms with Crippen LogP contribution >= 0.6 is 0 Å². The minimum Gasteiger partial charge on any atom is -0.507 e. The van der Waals surface area contributed by atoms with Crippen LogP contribution in [-0.2, 0) is 22.4 Å². The molecule has 6 heteroatoms. The van der Waals surface area contributed by atoms with E-state index in [2.05, 4.69) is 9.88 Å². The lowest BCUT2D eigenvalue weighted by Gasteiger charge is -2.30. The molecule has 6 rings (SSSR count). The first-order valence-electron chi connectivity index (χ1n) is 13.3. The number of Topliss-reactive ketones (excluding diaryl/α,β-unsaturated/α-hetero) is 1. The van der Waals surface area contributed by atoms with Crippen LogP contribution in [0.4, 0.5) is 11.4 Å². The minimum absolute atomic E-state index is 0.0829. The van der Waals surface area contributed by atoms with Crippen LogP contribution in [-0.4, -0.2) is 34.9 Å². The molecule has 2 aromatic carbocycles. The molecule has 188 valence electrons. The van der Waals surface area contributed by atoms with Gasteiger partial charge in [-0.2, -0.15) is 0 Å². The molecule has 37 heavy (non-hydrogen) atoms. The number of rotatable bonds is 4. The molecule has 3 heterocycles. The summed E-state index contributed by atoms with van der Waals surface area (Å²) >= 11 is 0. The zero-order valence-electron chi connectivity index (χ0n) is 20.9. The van der Waals surface area contributed by atoms with E-state index in [0.717, 1.165) is 38.0 Å². The van der Waals surface area contributed by atoms with Crippen LogP contribution in [0.15, 0.2) is 72.4 Å². The van der Waals surface area contributed by atoms with Crippen molar-refractivity contribution in [1.29, 1.82) is 0 Å². The largest absolute Gasteiger partial charge is 0.507 e. The number of hydrogen-bond donors (Lipinski definition) is 1. The summed E-state index contributed by atoms with van der Waals surface area (Å²) in [6.07, 6.45) is 9.53. The number of hydrogen-bond acceptors (Lipinski definition) is 5. The summed E-state index contributed by atoms with van der Waals surface area (Å²) in [6, 6.07) is 18.3. The van der Waals surface area contributed by atoms with Crippen molar-refractivity contribution in [1.82, 2.24) is 4.98 Å². The summed E-state index contributed by atoms with van der Waals surface area (Å²) in [7, 11) is 0. The van der Waals surface area contributed by atoms with Gasteiger partial charge < -0.3 is 10.0 Å². The smallest absolute Gasteiger partial charge is 0.300 e. The summed E-state index contributed by atoms with van der Waals surface area (Å²) in [5.41, 5.74) is 5.41. The molecule has 0 radical (unpaired) electrons. The first kappa shape index (κ1) is 23.5. The predicted octanol–water partition coefficient (Wildman–Crippen LogP) is 5.58. The van der Waals surface area contributed by atoms with E-state index in [1.165, 1.54) is 41.7 Å². The molecule has 1 N–H and O–H groups in total. The number of piperidine rings is 1. The van der Waals surface area contributed by atoms with Gasteiger partial charge >= 0.3 is 0 Å². The van der Waals surface area contributed by atoms with Gasteiger partial charge in [0.15, 0.2) is 0 Å². The third-order valence-electron chi connectivity index (χ3n) is 7.88. The van der Waals surface area contributed by atoms with Crippen LogP contribution in [0.1, 0.15) is 60.5 Å². The summed E-state index contributed by atoms with van der Waals surface area (Å²) < 4.78 is 0. The topological polar surface area (TPSA) is 73.7 Å². The van der Waals surface area contributed by atoms with Crippen LogP contribution in [0, 0.1) is 0 Å². The SMILES string of the molecule is O=C1C(=O)N(c2ccc(N3CCCCC3)cc2)C(c2ccccn2)/C1=C(/O)c1ccc2c(c1)CCCC2. The number of aryl methyl sites for hydroxylation is 2. The van der Waals surface area contributed by atoms with Gasteiger partial charge in [-0.15, -0.1) is 0 Å². The Morgan fingerprint density at radius 2 is 1.54 bits per heavy atom. The standard InChI is InChI=1S/C31H31N3O3/c35-29(23-12-11-21-8-2-3-9-22(21)20-23)27-28(26-10-4-5-17-32-26)34(31(37)30(27)36)25-15-13-24(14-16-25)33-18-6-1-7-19-33/h4-5,10-17,20,28,35H,1-3,6-9,18-19H2/b29-27-. The Morgan fingerprint density at radius 1 is 0.811 bits per heavy atom. The third-order valence-corrected chi connectivity index (χ3v) is 7.88. The highest BCUT2D eigenvalue weighted by Crippen LogP contribution is 2.42. The molecule has 0 saturated carbocycles. The highest BCUT2D eigenvalue weighted by molar-refractivity contribution is 6.51. The lowest BCUT2D eigenvalue weighted by molar-refractivity contribution is -0.132. The van der Waals surface area contributed by atoms with Crippen molar-refractivity contribution in [3.05, 3.63) is 94.8 Å². The fourth-order valence-electron chi connectivity index (χ4n) is 5.93. The molecule has 3 aliphatic rings. The van der Waals surface area contributed by atoms with Gasteiger partial charge in [-0.25, -0.2) is 0 Å². The highest BCUT2D eigenvalue weighted by Gasteiger charge is 2.47. The number of carbonyl (C=O) groups excluding carboxylic acids is 2. The minimum atomic E-state index is -0.807. The number of carbonyl (C=O) groups is 2. The number of amides is 1. The van der Waals surface area contributed by atoms with E-state index in [0.29, 0.717) is 16.9 Å². The third kappa shape index (κ3) is 4.31. The van der Waals surface area contributed by atoms with Crippen molar-refractivity contribution in [2.45, 2.75) is 51.0 Å². The average molecular weight is 494 g/mol.